The van der Waals surface area contributed by atoms with Crippen molar-refractivity contribution in [2.45, 2.75) is 6.92 Å². The molecule has 0 aliphatic heterocycles. The van der Waals surface area contributed by atoms with E-state index in [4.69, 9.17) is 6.42 Å². The van der Waals surface area contributed by atoms with Gasteiger partial charge in [-0.05, 0) is 25.1 Å². The zero-order valence-electron chi connectivity index (χ0n) is 11.5. The minimum atomic E-state index is 0.429. The molecule has 0 saturated carbocycles. The zero-order chi connectivity index (χ0) is 14.7. The smallest absolute Gasteiger partial charge is 0.229 e. The van der Waals surface area contributed by atoms with Crippen LogP contribution in [-0.4, -0.2) is 26.7 Å². The summed E-state index contributed by atoms with van der Waals surface area (Å²) in [5.74, 6) is 3.78. The highest BCUT2D eigenvalue weighted by Gasteiger charge is 2.04. The Morgan fingerprint density at radius 1 is 1.33 bits per heavy atom. The van der Waals surface area contributed by atoms with Crippen LogP contribution in [0.2, 0.25) is 0 Å². The fourth-order valence-electron chi connectivity index (χ4n) is 1.97. The third-order valence-corrected chi connectivity index (χ3v) is 3.03. The lowest BCUT2D eigenvalue weighted by molar-refractivity contribution is 1.11. The SMILES string of the molecule is C#CCNc1nc(Nc2ccc3[nH]ncc3c2)ncc1C. The van der Waals surface area contributed by atoms with Gasteiger partial charge in [0.2, 0.25) is 5.95 Å². The van der Waals surface area contributed by atoms with Crippen molar-refractivity contribution in [2.75, 3.05) is 17.2 Å². The van der Waals surface area contributed by atoms with Crippen molar-refractivity contribution in [2.24, 2.45) is 0 Å². The summed E-state index contributed by atoms with van der Waals surface area (Å²) in [4.78, 5) is 8.69. The molecule has 6 nitrogen and oxygen atoms in total. The van der Waals surface area contributed by atoms with Gasteiger partial charge in [0.05, 0.1) is 18.3 Å². The van der Waals surface area contributed by atoms with E-state index in [0.717, 1.165) is 28.0 Å². The van der Waals surface area contributed by atoms with Gasteiger partial charge in [0.1, 0.15) is 5.82 Å². The van der Waals surface area contributed by atoms with Gasteiger partial charge < -0.3 is 10.6 Å². The maximum absolute atomic E-state index is 5.25. The van der Waals surface area contributed by atoms with Gasteiger partial charge in [0, 0.05) is 22.8 Å². The van der Waals surface area contributed by atoms with E-state index >= 15 is 0 Å². The lowest BCUT2D eigenvalue weighted by Gasteiger charge is -2.09. The number of aromatic nitrogens is 4. The molecule has 0 bridgehead atoms. The largest absolute Gasteiger partial charge is 0.359 e. The van der Waals surface area contributed by atoms with Gasteiger partial charge in [-0.3, -0.25) is 5.10 Å². The standard InChI is InChI=1S/C15H14N6/c1-3-6-16-14-10(2)8-17-15(20-14)19-12-4-5-13-11(7-12)9-18-21-13/h1,4-5,7-9H,6H2,2H3,(H,18,21)(H2,16,17,19,20). The molecular weight excluding hydrogens is 264 g/mol. The second-order valence-corrected chi connectivity index (χ2v) is 4.58. The van der Waals surface area contributed by atoms with Crippen molar-refractivity contribution >= 4 is 28.4 Å². The summed E-state index contributed by atoms with van der Waals surface area (Å²) in [6, 6.07) is 5.88. The number of terminal acetylenes is 1. The van der Waals surface area contributed by atoms with Crippen LogP contribution in [0.3, 0.4) is 0 Å². The molecule has 0 atom stereocenters. The maximum Gasteiger partial charge on any atom is 0.229 e. The molecule has 2 aromatic heterocycles. The van der Waals surface area contributed by atoms with Gasteiger partial charge in [0.15, 0.2) is 0 Å². The van der Waals surface area contributed by atoms with Crippen LogP contribution in [0.25, 0.3) is 10.9 Å². The number of nitrogens with zero attached hydrogens (tertiary/aromatic N) is 3. The average Bonchev–Trinajstić information content (AvgIpc) is 2.95. The normalized spacial score (nSPS) is 10.3. The fourth-order valence-corrected chi connectivity index (χ4v) is 1.97. The Bertz CT molecular complexity index is 814. The average molecular weight is 278 g/mol. The van der Waals surface area contributed by atoms with Crippen LogP contribution in [0.5, 0.6) is 0 Å². The first-order valence-corrected chi connectivity index (χ1v) is 6.47. The van der Waals surface area contributed by atoms with E-state index < -0.39 is 0 Å². The number of hydrogen-bond acceptors (Lipinski definition) is 5. The van der Waals surface area contributed by atoms with Gasteiger partial charge in [-0.25, -0.2) is 4.98 Å². The predicted molar refractivity (Wildman–Crippen MR) is 83.5 cm³/mol. The summed E-state index contributed by atoms with van der Waals surface area (Å²) in [7, 11) is 0. The Morgan fingerprint density at radius 2 is 2.24 bits per heavy atom. The molecule has 0 radical (unpaired) electrons. The van der Waals surface area contributed by atoms with E-state index in [1.165, 1.54) is 0 Å². The molecule has 0 spiro atoms. The zero-order valence-corrected chi connectivity index (χ0v) is 11.5. The number of rotatable bonds is 4. The summed E-state index contributed by atoms with van der Waals surface area (Å²) in [5, 5.41) is 14.2. The summed E-state index contributed by atoms with van der Waals surface area (Å²) in [6.45, 7) is 2.36. The van der Waals surface area contributed by atoms with Crippen LogP contribution in [0, 0.1) is 19.3 Å². The molecule has 0 unspecified atom stereocenters. The molecule has 0 fully saturated rings. The molecule has 3 rings (SSSR count). The summed E-state index contributed by atoms with van der Waals surface area (Å²) in [5.41, 5.74) is 2.83. The monoisotopic (exact) mass is 278 g/mol. The Balaban J connectivity index is 1.85. The first kappa shape index (κ1) is 12.9. The summed E-state index contributed by atoms with van der Waals surface area (Å²) in [6.07, 6.45) is 8.78. The maximum atomic E-state index is 5.25. The lowest BCUT2D eigenvalue weighted by atomic mass is 10.2. The first-order valence-electron chi connectivity index (χ1n) is 6.47. The number of benzene rings is 1. The highest BCUT2D eigenvalue weighted by molar-refractivity contribution is 5.82. The number of anilines is 3. The first-order chi connectivity index (χ1) is 10.3. The molecule has 3 N–H and O–H groups in total. The van der Waals surface area contributed by atoms with Crippen molar-refractivity contribution in [1.82, 2.24) is 20.2 Å². The molecule has 0 aliphatic rings. The topological polar surface area (TPSA) is 78.5 Å². The molecule has 21 heavy (non-hydrogen) atoms. The van der Waals surface area contributed by atoms with Gasteiger partial charge in [-0.15, -0.1) is 6.42 Å². The number of fused-ring (bicyclic) bond motifs is 1. The van der Waals surface area contributed by atoms with Gasteiger partial charge >= 0.3 is 0 Å². The second kappa shape index (κ2) is 5.51. The molecule has 0 saturated heterocycles. The summed E-state index contributed by atoms with van der Waals surface area (Å²) < 4.78 is 0. The number of nitrogens with one attached hydrogen (secondary N) is 3. The van der Waals surface area contributed by atoms with Crippen LogP contribution in [0.15, 0.2) is 30.6 Å². The third kappa shape index (κ3) is 2.77. The third-order valence-electron chi connectivity index (χ3n) is 3.03. The Labute approximate surface area is 122 Å². The number of hydrogen-bond donors (Lipinski definition) is 3. The van der Waals surface area contributed by atoms with Crippen molar-refractivity contribution in [3.8, 4) is 12.3 Å². The summed E-state index contributed by atoms with van der Waals surface area (Å²) >= 11 is 0. The molecule has 0 amide bonds. The number of H-pyrrole nitrogens is 1. The van der Waals surface area contributed by atoms with Crippen molar-refractivity contribution < 1.29 is 0 Å². The van der Waals surface area contributed by atoms with E-state index in [9.17, 15) is 0 Å². The molecule has 0 aliphatic carbocycles. The lowest BCUT2D eigenvalue weighted by Crippen LogP contribution is -2.06. The Kier molecular flexibility index (Phi) is 3.39. The number of aromatic amines is 1. The van der Waals surface area contributed by atoms with Crippen molar-refractivity contribution in [1.29, 1.82) is 0 Å². The fraction of sp³-hybridized carbons (Fsp3) is 0.133. The number of aryl methyl sites for hydroxylation is 1. The van der Waals surface area contributed by atoms with Crippen LogP contribution in [-0.2, 0) is 0 Å². The van der Waals surface area contributed by atoms with Crippen LogP contribution < -0.4 is 10.6 Å². The van der Waals surface area contributed by atoms with Crippen LogP contribution in [0.1, 0.15) is 5.56 Å². The quantitative estimate of drug-likeness (QED) is 0.639. The molecule has 104 valence electrons. The van der Waals surface area contributed by atoms with E-state index in [-0.39, 0.29) is 0 Å². The van der Waals surface area contributed by atoms with E-state index in [1.54, 1.807) is 12.4 Å². The molecule has 6 heteroatoms. The second-order valence-electron chi connectivity index (χ2n) is 4.58. The highest BCUT2D eigenvalue weighted by atomic mass is 15.1. The molecule has 1 aromatic carbocycles. The van der Waals surface area contributed by atoms with Crippen LogP contribution in [0.4, 0.5) is 17.5 Å². The Hall–Kier alpha value is -3.07. The minimum absolute atomic E-state index is 0.429. The van der Waals surface area contributed by atoms with Gasteiger partial charge in [-0.1, -0.05) is 5.92 Å². The highest BCUT2D eigenvalue weighted by Crippen LogP contribution is 2.20. The molecule has 2 heterocycles. The van der Waals surface area contributed by atoms with E-state index in [1.807, 2.05) is 25.1 Å². The van der Waals surface area contributed by atoms with Crippen LogP contribution >= 0.6 is 0 Å². The van der Waals surface area contributed by atoms with Gasteiger partial charge in [-0.2, -0.15) is 10.1 Å². The Morgan fingerprint density at radius 3 is 3.10 bits per heavy atom. The molecular formula is C15H14N6. The van der Waals surface area contributed by atoms with Crippen molar-refractivity contribution in [3.63, 3.8) is 0 Å². The van der Waals surface area contributed by atoms with Crippen molar-refractivity contribution in [3.05, 3.63) is 36.2 Å². The van der Waals surface area contributed by atoms with E-state index in [0.29, 0.717) is 12.5 Å². The predicted octanol–water partition coefficient (Wildman–Crippen LogP) is 2.45. The molecule has 3 aromatic rings. The minimum Gasteiger partial charge on any atom is -0.359 e. The van der Waals surface area contributed by atoms with E-state index in [2.05, 4.69) is 36.7 Å². The van der Waals surface area contributed by atoms with Gasteiger partial charge in [0.25, 0.3) is 0 Å².